The van der Waals surface area contributed by atoms with E-state index < -0.39 is 42.3 Å². The van der Waals surface area contributed by atoms with E-state index in [0.29, 0.717) is 0 Å². The van der Waals surface area contributed by atoms with Crippen molar-refractivity contribution in [3.05, 3.63) is 370 Å². The van der Waals surface area contributed by atoms with Gasteiger partial charge in [-0.3, -0.25) is 0 Å². The molecule has 422 valence electrons. The highest BCUT2D eigenvalue weighted by atomic mass is 28.5. The van der Waals surface area contributed by atoms with Crippen LogP contribution in [-0.2, 0) is 16.5 Å². The smallest absolute Gasteiger partial charge is 0.390 e. The average Bonchev–Trinajstić information content (AvgIpc) is 0.908. The lowest BCUT2D eigenvalue weighted by molar-refractivity contribution is 0.268. The van der Waals surface area contributed by atoms with Crippen LogP contribution in [0.4, 0.5) is 0 Å². The predicted octanol–water partition coefficient (Wildman–Crippen LogP) is 9.57. The van der Waals surface area contributed by atoms with Gasteiger partial charge in [0.15, 0.2) is 8.07 Å². The molecule has 0 N–H and O–H groups in total. The molecule has 13 aromatic carbocycles. The third-order valence-corrected chi connectivity index (χ3v) is 40.1. The van der Waals surface area contributed by atoms with Gasteiger partial charge in [-0.1, -0.05) is 346 Å². The standard InChI is InChI=1S/C78H61NO4Si5/c1-10-35-63(36-11-1)84(64-37-12-2-13-38-64,72-53-32-34-62(60-72)79-77-58-30-28-56-75(77)76-57-29-31-59-78(76)79)73-54-33-55-74(61-73)88(71-51-26-9-27-52-71)82-86(67-43-18-5-19-44-67,68-45-20-6-21-46-68)80-85(65-39-14-3-15-40-65,66-41-16-4-17-42-66)81-87(83-88,69-47-22-7-23-48-69)70-49-24-8-25-50-70/h1-61H. The second-order valence-electron chi connectivity index (χ2n) is 22.4. The number of rotatable bonds is 13. The van der Waals surface area contributed by atoms with Crippen molar-refractivity contribution in [2.75, 3.05) is 0 Å². The monoisotopic (exact) mass is 1220 g/mol. The molecule has 14 aromatic rings. The number of nitrogens with zero attached hydrogens (tertiary/aromatic N) is 1. The average molecular weight is 1220 g/mol. The van der Waals surface area contributed by atoms with Crippen LogP contribution in [0.25, 0.3) is 27.5 Å². The van der Waals surface area contributed by atoms with E-state index in [9.17, 15) is 0 Å². The minimum absolute atomic E-state index is 0.931. The molecule has 0 unspecified atom stereocenters. The molecule has 1 aromatic heterocycles. The lowest BCUT2D eigenvalue weighted by Crippen LogP contribution is -2.88. The summed E-state index contributed by atoms with van der Waals surface area (Å²) in [5.41, 5.74) is 3.42. The molecule has 15 rings (SSSR count). The Kier molecular flexibility index (Phi) is 14.6. The lowest BCUT2D eigenvalue weighted by Gasteiger charge is -2.53. The molecule has 0 saturated carbocycles. The van der Waals surface area contributed by atoms with Crippen LogP contribution in [0.3, 0.4) is 0 Å². The third-order valence-electron chi connectivity index (χ3n) is 17.4. The van der Waals surface area contributed by atoms with Gasteiger partial charge in [0.25, 0.3) is 0 Å². The van der Waals surface area contributed by atoms with E-state index in [1.54, 1.807) is 0 Å². The van der Waals surface area contributed by atoms with Crippen LogP contribution in [0, 0.1) is 0 Å². The van der Waals surface area contributed by atoms with Gasteiger partial charge < -0.3 is 21.0 Å². The molecule has 10 heteroatoms. The Morgan fingerprint density at radius 1 is 0.205 bits per heavy atom. The first-order chi connectivity index (χ1) is 43.5. The van der Waals surface area contributed by atoms with Crippen molar-refractivity contribution in [1.82, 2.24) is 4.57 Å². The first kappa shape index (κ1) is 55.2. The summed E-state index contributed by atoms with van der Waals surface area (Å²) in [5, 5.41) is 14.9. The number of hydrogen-bond acceptors (Lipinski definition) is 4. The van der Waals surface area contributed by atoms with E-state index in [0.717, 1.165) is 58.2 Å². The Balaban J connectivity index is 1.08. The number of para-hydroxylation sites is 2. The van der Waals surface area contributed by atoms with E-state index in [2.05, 4.69) is 375 Å². The quantitative estimate of drug-likeness (QED) is 0.0853. The largest absolute Gasteiger partial charge is 0.402 e. The normalized spacial score (nSPS) is 15.2. The molecular formula is C78H61NO4Si5. The SMILES string of the molecule is c1ccc([Si]2(c3ccccc3)O[Si](c3ccccc3)(c3ccccc3)O[Si](c3ccccc3)(c3cccc([Si](c4ccccc4)(c4ccccc4)c4cccc(-n5c6ccccc6c6ccccc65)c4)c3)O[Si](c3ccccc3)(c3ccccc3)O2)cc1. The summed E-state index contributed by atoms with van der Waals surface area (Å²) in [6.45, 7) is 0. The number of benzene rings is 13. The maximum absolute atomic E-state index is 9.08. The minimum Gasteiger partial charge on any atom is -0.402 e. The molecular weight excluding hydrogens is 1160 g/mol. The highest BCUT2D eigenvalue weighted by Gasteiger charge is 2.68. The Morgan fingerprint density at radius 2 is 0.443 bits per heavy atom. The molecule has 0 atom stereocenters. The van der Waals surface area contributed by atoms with Gasteiger partial charge >= 0.3 is 34.2 Å². The summed E-state index contributed by atoms with van der Waals surface area (Å²) in [6.07, 6.45) is 0. The van der Waals surface area contributed by atoms with Crippen LogP contribution in [0.15, 0.2) is 370 Å². The number of aromatic nitrogens is 1. The Morgan fingerprint density at radius 3 is 0.773 bits per heavy atom. The molecule has 0 spiro atoms. The highest BCUT2D eigenvalue weighted by Crippen LogP contribution is 2.35. The number of fused-ring (bicyclic) bond motifs is 3. The maximum Gasteiger partial charge on any atom is 0.390 e. The summed E-state index contributed by atoms with van der Waals surface area (Å²) >= 11 is 0. The summed E-state index contributed by atoms with van der Waals surface area (Å²) in [7, 11) is -20.4. The zero-order valence-corrected chi connectivity index (χ0v) is 53.3. The Bertz CT molecular complexity index is 4380. The third kappa shape index (κ3) is 9.33. The van der Waals surface area contributed by atoms with Crippen molar-refractivity contribution in [2.45, 2.75) is 0 Å². The fraction of sp³-hybridized carbons (Fsp3) is 0. The Hall–Kier alpha value is -9.42. The molecule has 1 fully saturated rings. The van der Waals surface area contributed by atoms with Gasteiger partial charge in [0.2, 0.25) is 0 Å². The lowest BCUT2D eigenvalue weighted by atomic mass is 10.2. The fourth-order valence-electron chi connectivity index (χ4n) is 13.5. The molecule has 1 saturated heterocycles. The highest BCUT2D eigenvalue weighted by molar-refractivity contribution is 7.20. The van der Waals surface area contributed by atoms with Crippen LogP contribution < -0.4 is 62.2 Å². The second kappa shape index (κ2) is 23.4. The van der Waals surface area contributed by atoms with Crippen molar-refractivity contribution in [1.29, 1.82) is 0 Å². The van der Waals surface area contributed by atoms with Gasteiger partial charge in [-0.2, -0.15) is 0 Å². The van der Waals surface area contributed by atoms with Gasteiger partial charge in [0.05, 0.1) is 11.0 Å². The van der Waals surface area contributed by atoms with E-state index in [1.165, 1.54) is 31.5 Å². The summed E-state index contributed by atoms with van der Waals surface area (Å²) in [5.74, 6) is 0. The van der Waals surface area contributed by atoms with Crippen molar-refractivity contribution in [3.63, 3.8) is 0 Å². The molecule has 2 heterocycles. The van der Waals surface area contributed by atoms with Crippen molar-refractivity contribution < 1.29 is 16.5 Å². The topological polar surface area (TPSA) is 41.9 Å². The molecule has 0 bridgehead atoms. The first-order valence-corrected chi connectivity index (χ1v) is 39.3. The molecule has 0 radical (unpaired) electrons. The van der Waals surface area contributed by atoms with Gasteiger partial charge in [0, 0.05) is 16.5 Å². The van der Waals surface area contributed by atoms with Crippen LogP contribution in [0.2, 0.25) is 0 Å². The van der Waals surface area contributed by atoms with E-state index in [1.807, 2.05) is 0 Å². The zero-order valence-electron chi connectivity index (χ0n) is 48.3. The summed E-state index contributed by atoms with van der Waals surface area (Å²) < 4.78 is 38.3. The summed E-state index contributed by atoms with van der Waals surface area (Å²) in [6, 6.07) is 134. The van der Waals surface area contributed by atoms with Crippen LogP contribution in [0.5, 0.6) is 0 Å². The molecule has 0 aliphatic carbocycles. The van der Waals surface area contributed by atoms with Crippen LogP contribution in [-0.4, -0.2) is 46.9 Å². The van der Waals surface area contributed by atoms with Gasteiger partial charge in [0.1, 0.15) is 0 Å². The van der Waals surface area contributed by atoms with Gasteiger partial charge in [-0.15, -0.1) is 0 Å². The van der Waals surface area contributed by atoms with Crippen molar-refractivity contribution in [2.24, 2.45) is 0 Å². The van der Waals surface area contributed by atoms with E-state index in [4.69, 9.17) is 16.5 Å². The molecule has 0 amide bonds. The molecule has 1 aliphatic rings. The van der Waals surface area contributed by atoms with Crippen molar-refractivity contribution in [3.8, 4) is 5.69 Å². The van der Waals surface area contributed by atoms with E-state index in [-0.39, 0.29) is 0 Å². The summed E-state index contributed by atoms with van der Waals surface area (Å²) in [4.78, 5) is 0. The maximum atomic E-state index is 9.08. The van der Waals surface area contributed by atoms with Crippen LogP contribution in [0.1, 0.15) is 0 Å². The van der Waals surface area contributed by atoms with Crippen LogP contribution >= 0.6 is 0 Å². The minimum atomic E-state index is -4.40. The first-order valence-electron chi connectivity index (χ1n) is 30.0. The van der Waals surface area contributed by atoms with E-state index >= 15 is 0 Å². The molecule has 1 aliphatic heterocycles. The van der Waals surface area contributed by atoms with Crippen molar-refractivity contribution >= 4 is 126 Å². The fourth-order valence-corrected chi connectivity index (χ4v) is 41.1. The van der Waals surface area contributed by atoms with Gasteiger partial charge in [-0.05, 0) is 86.5 Å². The molecule has 5 nitrogen and oxygen atoms in total. The Labute approximate surface area is 519 Å². The molecule has 88 heavy (non-hydrogen) atoms. The predicted molar refractivity (Wildman–Crippen MR) is 374 cm³/mol. The zero-order chi connectivity index (χ0) is 58.9. The van der Waals surface area contributed by atoms with Gasteiger partial charge in [-0.25, -0.2) is 0 Å². The second-order valence-corrected chi connectivity index (χ2v) is 39.0. The number of hydrogen-bond donors (Lipinski definition) is 0.